The third-order valence-electron chi connectivity index (χ3n) is 9.72. The molecule has 0 amide bonds. The number of aromatic nitrogens is 3. The van der Waals surface area contributed by atoms with Crippen LogP contribution in [0.5, 0.6) is 11.5 Å². The summed E-state index contributed by atoms with van der Waals surface area (Å²) in [6.45, 7) is 13.8. The lowest BCUT2D eigenvalue weighted by atomic mass is 10.2. The monoisotopic (exact) mass is 937 g/mol. The molecule has 5 N–H and O–H groups in total. The van der Waals surface area contributed by atoms with Gasteiger partial charge in [0.1, 0.15) is 22.9 Å². The molecule has 5 aromatic rings. The summed E-state index contributed by atoms with van der Waals surface area (Å²) >= 11 is 1.17. The van der Waals surface area contributed by atoms with Crippen molar-refractivity contribution in [3.63, 3.8) is 0 Å². The Morgan fingerprint density at radius 1 is 0.609 bits per heavy atom. The smallest absolute Gasteiger partial charge is 0.294 e. The molecule has 0 saturated heterocycles. The Morgan fingerprint density at radius 2 is 1.00 bits per heavy atom. The van der Waals surface area contributed by atoms with E-state index in [0.29, 0.717) is 60.2 Å². The minimum atomic E-state index is -4.52. The van der Waals surface area contributed by atoms with Crippen molar-refractivity contribution in [2.75, 3.05) is 73.2 Å². The van der Waals surface area contributed by atoms with E-state index in [-0.39, 0.29) is 62.0 Å². The molecule has 0 saturated carbocycles. The van der Waals surface area contributed by atoms with Gasteiger partial charge in [-0.1, -0.05) is 23.9 Å². The Kier molecular flexibility index (Phi) is 16.6. The lowest BCUT2D eigenvalue weighted by Crippen LogP contribution is -2.22. The van der Waals surface area contributed by atoms with Crippen molar-refractivity contribution in [1.29, 1.82) is 0 Å². The predicted molar refractivity (Wildman–Crippen MR) is 248 cm³/mol. The van der Waals surface area contributed by atoms with Crippen molar-refractivity contribution < 1.29 is 40.5 Å². The Balaban J connectivity index is 1.67. The molecule has 5 rings (SSSR count). The van der Waals surface area contributed by atoms with E-state index in [1.165, 1.54) is 62.4 Å². The normalized spacial score (nSPS) is 11.9. The van der Waals surface area contributed by atoms with Crippen molar-refractivity contribution in [1.82, 2.24) is 15.0 Å². The lowest BCUT2D eigenvalue weighted by molar-refractivity contribution is 0.322. The van der Waals surface area contributed by atoms with E-state index in [4.69, 9.17) is 14.5 Å². The van der Waals surface area contributed by atoms with Crippen LogP contribution in [0.4, 0.5) is 57.4 Å². The Hall–Kier alpha value is -5.98. The Bertz CT molecular complexity index is 2570. The Morgan fingerprint density at radius 3 is 1.34 bits per heavy atom. The molecule has 64 heavy (non-hydrogen) atoms. The van der Waals surface area contributed by atoms with Gasteiger partial charge < -0.3 is 35.0 Å². The highest BCUT2D eigenvalue weighted by molar-refractivity contribution is 7.99. The van der Waals surface area contributed by atoms with Crippen LogP contribution in [0, 0.1) is 13.8 Å². The number of ether oxygens (including phenoxy) is 2. The van der Waals surface area contributed by atoms with Gasteiger partial charge in [0.15, 0.2) is 5.16 Å². The van der Waals surface area contributed by atoms with E-state index in [1.807, 2.05) is 27.7 Å². The van der Waals surface area contributed by atoms with E-state index in [0.717, 1.165) is 11.4 Å². The van der Waals surface area contributed by atoms with E-state index in [1.54, 1.807) is 38.1 Å². The second-order valence-corrected chi connectivity index (χ2v) is 17.7. The quantitative estimate of drug-likeness (QED) is 0.0261. The predicted octanol–water partition coefficient (Wildman–Crippen LogP) is 9.09. The summed E-state index contributed by atoms with van der Waals surface area (Å²) in [4.78, 5) is 17.5. The average Bonchev–Trinajstić information content (AvgIpc) is 3.25. The first-order chi connectivity index (χ1) is 30.5. The zero-order chi connectivity index (χ0) is 46.8. The fraction of sp³-hybridized carbons (Fsp3) is 0.341. The van der Waals surface area contributed by atoms with Crippen LogP contribution in [-0.2, 0) is 20.2 Å². The summed E-state index contributed by atoms with van der Waals surface area (Å²) in [7, 11) is -5.98. The topological polar surface area (TPSA) is 266 Å². The number of methoxy groups -OCH3 is 2. The van der Waals surface area contributed by atoms with Crippen molar-refractivity contribution in [3.05, 3.63) is 71.8 Å². The molecule has 20 nitrogen and oxygen atoms in total. The molecule has 23 heteroatoms. The van der Waals surface area contributed by atoms with Gasteiger partial charge in [0.2, 0.25) is 11.9 Å². The number of nitrogens with one attached hydrogen (secondary N) is 2. The SMILES string of the molecule is CCN(CC)c1cc(Nc2nc(Nc3cc(N(CC)CC)c(OC)cc3N=Nc3cc(S(=O)(=O)O)ccc3C)nc(SCCO)n2)c(N=Nc2cc(S(=O)(=O)O)ccc2C)cc1OC. The van der Waals surface area contributed by atoms with Gasteiger partial charge in [0, 0.05) is 44.1 Å². The maximum atomic E-state index is 11.9. The van der Waals surface area contributed by atoms with E-state index < -0.39 is 20.2 Å². The molecule has 1 aromatic heterocycles. The number of benzene rings is 4. The largest absolute Gasteiger partial charge is 0.494 e. The number of aliphatic hydroxyl groups is 1. The van der Waals surface area contributed by atoms with Crippen molar-refractivity contribution in [3.8, 4) is 11.5 Å². The van der Waals surface area contributed by atoms with Crippen LogP contribution in [-0.4, -0.2) is 98.8 Å². The number of thioether (sulfide) groups is 1. The molecule has 0 bridgehead atoms. The maximum Gasteiger partial charge on any atom is 0.294 e. The summed E-state index contributed by atoms with van der Waals surface area (Å²) in [6.07, 6.45) is 0. The number of rotatable bonds is 21. The van der Waals surface area contributed by atoms with Gasteiger partial charge in [-0.25, -0.2) is 0 Å². The molecule has 0 unspecified atom stereocenters. The fourth-order valence-electron chi connectivity index (χ4n) is 6.27. The van der Waals surface area contributed by atoms with Crippen LogP contribution in [0.25, 0.3) is 0 Å². The van der Waals surface area contributed by atoms with Crippen LogP contribution in [0.15, 0.2) is 96.1 Å². The second-order valence-electron chi connectivity index (χ2n) is 13.8. The number of azo groups is 2. The molecule has 1 heterocycles. The number of aliphatic hydroxyl groups excluding tert-OH is 1. The van der Waals surface area contributed by atoms with Crippen LogP contribution in [0.3, 0.4) is 0 Å². The minimum Gasteiger partial charge on any atom is -0.494 e. The van der Waals surface area contributed by atoms with Crippen molar-refractivity contribution in [2.24, 2.45) is 20.5 Å². The zero-order valence-corrected chi connectivity index (χ0v) is 39.0. The van der Waals surface area contributed by atoms with Gasteiger partial charge in [-0.3, -0.25) is 9.11 Å². The van der Waals surface area contributed by atoms with Crippen LogP contribution < -0.4 is 29.9 Å². The summed E-state index contributed by atoms with van der Waals surface area (Å²) in [5.74, 6) is 1.35. The molecule has 0 fully saturated rings. The average molecular weight is 938 g/mol. The molecule has 0 aliphatic rings. The molecule has 0 atom stereocenters. The standard InChI is InChI=1S/C41H51N11O9S3/c1-9-51(10-2)35-21-31(33(23-37(35)60-7)49-47-29-19-27(63(54,55)56)15-13-25(29)5)42-39-44-40(46-41(45-39)62-18-17-53)43-32-22-36(52(11-3)12-4)38(61-8)24-34(32)50-48-30-20-28(64(57,58)59)16-14-26(30)6/h13-16,19-24,53H,9-12,17-18H2,1-8H3,(H,54,55,56)(H,57,58,59)(H2,42,43,44,45,46). The highest BCUT2D eigenvalue weighted by atomic mass is 32.2. The van der Waals surface area contributed by atoms with E-state index in [9.17, 15) is 31.0 Å². The Labute approximate surface area is 376 Å². The highest BCUT2D eigenvalue weighted by Gasteiger charge is 2.21. The van der Waals surface area contributed by atoms with Gasteiger partial charge in [0.25, 0.3) is 20.2 Å². The number of aryl methyl sites for hydroxylation is 2. The first kappa shape index (κ1) is 49.0. The third kappa shape index (κ3) is 12.2. The zero-order valence-electron chi connectivity index (χ0n) is 36.6. The van der Waals surface area contributed by atoms with Crippen LogP contribution in [0.2, 0.25) is 0 Å². The molecule has 342 valence electrons. The van der Waals surface area contributed by atoms with Gasteiger partial charge in [-0.05, 0) is 89.1 Å². The minimum absolute atomic E-state index is 0.0629. The molecule has 0 aliphatic heterocycles. The van der Waals surface area contributed by atoms with Crippen LogP contribution in [0.1, 0.15) is 38.8 Å². The molecular weight excluding hydrogens is 887 g/mol. The first-order valence-electron chi connectivity index (χ1n) is 19.9. The van der Waals surface area contributed by atoms with Gasteiger partial charge in [-0.2, -0.15) is 42.0 Å². The third-order valence-corrected chi connectivity index (χ3v) is 12.2. The van der Waals surface area contributed by atoms with E-state index >= 15 is 0 Å². The van der Waals surface area contributed by atoms with Crippen molar-refractivity contribution in [2.45, 2.75) is 56.5 Å². The van der Waals surface area contributed by atoms with Gasteiger partial charge >= 0.3 is 0 Å². The highest BCUT2D eigenvalue weighted by Crippen LogP contribution is 2.43. The second kappa shape index (κ2) is 21.6. The summed E-state index contributed by atoms with van der Waals surface area (Å²) < 4.78 is 78.7. The molecule has 0 radical (unpaired) electrons. The fourth-order valence-corrected chi connectivity index (χ4v) is 7.85. The number of hydrogen-bond acceptors (Lipinski definition) is 19. The summed E-state index contributed by atoms with van der Waals surface area (Å²) in [5.41, 5.74) is 4.31. The summed E-state index contributed by atoms with van der Waals surface area (Å²) in [5, 5.41) is 34.2. The van der Waals surface area contributed by atoms with Gasteiger partial charge in [-0.15, -0.1) is 10.2 Å². The van der Waals surface area contributed by atoms with Gasteiger partial charge in [0.05, 0.1) is 64.7 Å². The maximum absolute atomic E-state index is 11.9. The molecular formula is C41H51N11O9S3. The lowest BCUT2D eigenvalue weighted by Gasteiger charge is -2.25. The first-order valence-corrected chi connectivity index (χ1v) is 23.8. The number of anilines is 6. The van der Waals surface area contributed by atoms with Crippen molar-refractivity contribution >= 4 is 89.4 Å². The number of nitrogens with zero attached hydrogens (tertiary/aromatic N) is 9. The molecule has 0 spiro atoms. The van der Waals surface area contributed by atoms with Crippen LogP contribution >= 0.6 is 11.8 Å². The van der Waals surface area contributed by atoms with E-state index in [2.05, 4.69) is 50.9 Å². The molecule has 0 aliphatic carbocycles. The number of hydrogen-bond donors (Lipinski definition) is 5. The summed E-state index contributed by atoms with van der Waals surface area (Å²) in [6, 6.07) is 14.9. The molecule has 4 aromatic carbocycles.